The van der Waals surface area contributed by atoms with Gasteiger partial charge in [-0.2, -0.15) is 18.4 Å². The van der Waals surface area contributed by atoms with Gasteiger partial charge in [-0.3, -0.25) is 0 Å². The molecule has 0 amide bonds. The fourth-order valence-electron chi connectivity index (χ4n) is 1.37. The highest BCUT2D eigenvalue weighted by Gasteiger charge is 2.33. The number of aliphatic hydroxyl groups is 2. The molecule has 0 aliphatic heterocycles. The van der Waals surface area contributed by atoms with Crippen molar-refractivity contribution in [2.24, 2.45) is 0 Å². The van der Waals surface area contributed by atoms with Gasteiger partial charge in [-0.05, 0) is 23.8 Å². The lowest BCUT2D eigenvalue weighted by atomic mass is 9.99. The smallest absolute Gasteiger partial charge is 0.416 e. The van der Waals surface area contributed by atoms with Crippen LogP contribution in [-0.4, -0.2) is 27.4 Å². The molecule has 19 heavy (non-hydrogen) atoms. The van der Waals surface area contributed by atoms with Crippen LogP contribution in [-0.2, 0) is 11.0 Å². The second-order valence-electron chi connectivity index (χ2n) is 3.68. The van der Waals surface area contributed by atoms with Crippen molar-refractivity contribution in [3.8, 4) is 6.07 Å². The van der Waals surface area contributed by atoms with Gasteiger partial charge in [0.15, 0.2) is 6.10 Å². The number of rotatable bonds is 3. The van der Waals surface area contributed by atoms with Crippen molar-refractivity contribution >= 4 is 5.97 Å². The lowest BCUT2D eigenvalue weighted by Crippen LogP contribution is -2.27. The minimum Gasteiger partial charge on any atom is -0.479 e. The third-order valence-electron chi connectivity index (χ3n) is 2.31. The summed E-state index contributed by atoms with van der Waals surface area (Å²) in [6.07, 6.45) is -9.10. The fraction of sp³-hybridized carbons (Fsp3) is 0.273. The van der Waals surface area contributed by atoms with Crippen LogP contribution in [0, 0.1) is 11.3 Å². The Balaban J connectivity index is 3.29. The van der Waals surface area contributed by atoms with Crippen molar-refractivity contribution < 1.29 is 33.3 Å². The van der Waals surface area contributed by atoms with E-state index in [2.05, 4.69) is 0 Å². The van der Waals surface area contributed by atoms with Crippen LogP contribution in [0.4, 0.5) is 13.2 Å². The molecule has 2 unspecified atom stereocenters. The zero-order valence-electron chi connectivity index (χ0n) is 9.22. The molecule has 3 N–H and O–H groups in total. The minimum atomic E-state index is -4.75. The standard InChI is InChI=1S/C11H8F3NO4/c12-11(13,14)7-2-5(4-15)1-6(3-7)8(16)9(17)10(18)19/h1-3,8-9,16-17H,(H,18,19). The summed E-state index contributed by atoms with van der Waals surface area (Å²) in [7, 11) is 0. The first-order chi connectivity index (χ1) is 8.66. The van der Waals surface area contributed by atoms with Gasteiger partial charge >= 0.3 is 12.1 Å². The number of aliphatic hydroxyl groups excluding tert-OH is 2. The number of alkyl halides is 3. The average molecular weight is 275 g/mol. The van der Waals surface area contributed by atoms with Crippen molar-refractivity contribution in [1.82, 2.24) is 0 Å². The first kappa shape index (κ1) is 14.9. The van der Waals surface area contributed by atoms with E-state index in [1.54, 1.807) is 0 Å². The van der Waals surface area contributed by atoms with Gasteiger partial charge in [0, 0.05) is 0 Å². The van der Waals surface area contributed by atoms with E-state index in [9.17, 15) is 23.1 Å². The van der Waals surface area contributed by atoms with Crippen LogP contribution >= 0.6 is 0 Å². The van der Waals surface area contributed by atoms with Gasteiger partial charge < -0.3 is 15.3 Å². The number of nitrogens with zero attached hydrogens (tertiary/aromatic N) is 1. The molecular weight excluding hydrogens is 267 g/mol. The third-order valence-corrected chi connectivity index (χ3v) is 2.31. The van der Waals surface area contributed by atoms with E-state index in [0.717, 1.165) is 6.07 Å². The predicted molar refractivity (Wildman–Crippen MR) is 54.8 cm³/mol. The van der Waals surface area contributed by atoms with Gasteiger partial charge in [0.05, 0.1) is 17.2 Å². The summed E-state index contributed by atoms with van der Waals surface area (Å²) in [5.74, 6) is -1.79. The molecule has 0 aromatic heterocycles. The number of benzene rings is 1. The van der Waals surface area contributed by atoms with Gasteiger partial charge in [-0.25, -0.2) is 4.79 Å². The Morgan fingerprint density at radius 2 is 1.84 bits per heavy atom. The zero-order valence-corrected chi connectivity index (χ0v) is 9.22. The predicted octanol–water partition coefficient (Wildman–Crippen LogP) is 1.06. The van der Waals surface area contributed by atoms with Crippen molar-refractivity contribution in [2.45, 2.75) is 18.4 Å². The van der Waals surface area contributed by atoms with Gasteiger partial charge in [-0.1, -0.05) is 0 Å². The number of carboxylic acids is 1. The lowest BCUT2D eigenvalue weighted by molar-refractivity contribution is -0.153. The molecule has 1 aromatic carbocycles. The summed E-state index contributed by atoms with van der Waals surface area (Å²) >= 11 is 0. The lowest BCUT2D eigenvalue weighted by Gasteiger charge is -2.16. The molecule has 0 saturated heterocycles. The van der Waals surface area contributed by atoms with Crippen molar-refractivity contribution in [3.05, 3.63) is 34.9 Å². The Kier molecular flexibility index (Phi) is 4.14. The zero-order chi connectivity index (χ0) is 14.8. The quantitative estimate of drug-likeness (QED) is 0.765. The van der Waals surface area contributed by atoms with E-state index in [4.69, 9.17) is 15.5 Å². The molecule has 0 aliphatic rings. The number of halogens is 3. The molecule has 102 valence electrons. The Morgan fingerprint density at radius 3 is 2.26 bits per heavy atom. The monoisotopic (exact) mass is 275 g/mol. The fourth-order valence-corrected chi connectivity index (χ4v) is 1.37. The van der Waals surface area contributed by atoms with E-state index >= 15 is 0 Å². The SMILES string of the molecule is N#Cc1cc(C(O)C(O)C(=O)O)cc(C(F)(F)F)c1. The van der Waals surface area contributed by atoms with Gasteiger partial charge in [0.25, 0.3) is 0 Å². The van der Waals surface area contributed by atoms with Crippen LogP contribution in [0.5, 0.6) is 0 Å². The summed E-state index contributed by atoms with van der Waals surface area (Å²) in [4.78, 5) is 10.5. The van der Waals surface area contributed by atoms with E-state index in [-0.39, 0.29) is 0 Å². The molecule has 2 atom stereocenters. The Labute approximate surface area is 105 Å². The highest BCUT2D eigenvalue weighted by Crippen LogP contribution is 2.32. The highest BCUT2D eigenvalue weighted by molar-refractivity contribution is 5.73. The van der Waals surface area contributed by atoms with Crippen LogP contribution in [0.15, 0.2) is 18.2 Å². The topological polar surface area (TPSA) is 102 Å². The largest absolute Gasteiger partial charge is 0.479 e. The molecule has 8 heteroatoms. The minimum absolute atomic E-state index is 0.401. The van der Waals surface area contributed by atoms with E-state index in [1.807, 2.05) is 0 Å². The summed E-state index contributed by atoms with van der Waals surface area (Å²) in [5, 5.41) is 35.6. The molecule has 0 spiro atoms. The Morgan fingerprint density at radius 1 is 1.26 bits per heavy atom. The Bertz CT molecular complexity index is 536. The van der Waals surface area contributed by atoms with Crippen LogP contribution < -0.4 is 0 Å². The van der Waals surface area contributed by atoms with Crippen LogP contribution in [0.2, 0.25) is 0 Å². The number of nitriles is 1. The molecule has 0 aliphatic carbocycles. The average Bonchev–Trinajstić information content (AvgIpc) is 2.35. The normalized spacial score (nSPS) is 14.5. The molecule has 0 fully saturated rings. The van der Waals surface area contributed by atoms with Crippen molar-refractivity contribution in [3.63, 3.8) is 0 Å². The van der Waals surface area contributed by atoms with Crippen molar-refractivity contribution in [2.75, 3.05) is 0 Å². The molecule has 0 heterocycles. The summed E-state index contributed by atoms with van der Waals surface area (Å²) in [5.41, 5.74) is -2.11. The molecule has 5 nitrogen and oxygen atoms in total. The van der Waals surface area contributed by atoms with Crippen molar-refractivity contribution in [1.29, 1.82) is 5.26 Å². The number of hydrogen-bond acceptors (Lipinski definition) is 4. The van der Waals surface area contributed by atoms with Crippen LogP contribution in [0.3, 0.4) is 0 Å². The van der Waals surface area contributed by atoms with Gasteiger partial charge in [0.2, 0.25) is 0 Å². The number of carboxylic acid groups (broad SMARTS) is 1. The first-order valence-electron chi connectivity index (χ1n) is 4.88. The molecule has 0 bridgehead atoms. The summed E-state index contributed by atoms with van der Waals surface area (Å²) < 4.78 is 37.6. The maximum absolute atomic E-state index is 12.5. The molecule has 0 radical (unpaired) electrons. The van der Waals surface area contributed by atoms with Crippen LogP contribution in [0.25, 0.3) is 0 Å². The number of hydrogen-bond donors (Lipinski definition) is 3. The maximum atomic E-state index is 12.5. The van der Waals surface area contributed by atoms with E-state index < -0.39 is 41.0 Å². The third kappa shape index (κ3) is 3.43. The van der Waals surface area contributed by atoms with E-state index in [0.29, 0.717) is 12.1 Å². The maximum Gasteiger partial charge on any atom is 0.416 e. The summed E-state index contributed by atoms with van der Waals surface area (Å²) in [6, 6.07) is 3.39. The second-order valence-corrected chi connectivity index (χ2v) is 3.68. The highest BCUT2D eigenvalue weighted by atomic mass is 19.4. The molecule has 1 rings (SSSR count). The van der Waals surface area contributed by atoms with Gasteiger partial charge in [-0.15, -0.1) is 0 Å². The number of carbonyl (C=O) groups is 1. The second kappa shape index (κ2) is 5.26. The number of aliphatic carboxylic acids is 1. The molecule has 1 aromatic rings. The summed E-state index contributed by atoms with van der Waals surface area (Å²) in [6.45, 7) is 0. The van der Waals surface area contributed by atoms with Crippen LogP contribution in [0.1, 0.15) is 22.8 Å². The molecule has 0 saturated carbocycles. The van der Waals surface area contributed by atoms with E-state index in [1.165, 1.54) is 6.07 Å². The first-order valence-corrected chi connectivity index (χ1v) is 4.88. The Hall–Kier alpha value is -2.11. The molecular formula is C11H8F3NO4. The van der Waals surface area contributed by atoms with Gasteiger partial charge in [0.1, 0.15) is 6.10 Å².